The first-order valence-electron chi connectivity index (χ1n) is 3.78. The third kappa shape index (κ3) is 1.50. The van der Waals surface area contributed by atoms with Crippen molar-refractivity contribution in [1.82, 2.24) is 0 Å². The maximum atomic E-state index is 13.1. The van der Waals surface area contributed by atoms with Gasteiger partial charge in [-0.3, -0.25) is 0 Å². The Morgan fingerprint density at radius 2 is 2.00 bits per heavy atom. The van der Waals surface area contributed by atoms with Gasteiger partial charge in [-0.15, -0.1) is 24.0 Å². The molecule has 1 heterocycles. The van der Waals surface area contributed by atoms with Crippen molar-refractivity contribution in [1.29, 1.82) is 0 Å². The first kappa shape index (κ1) is 9.86. The molecule has 0 aliphatic heterocycles. The summed E-state index contributed by atoms with van der Waals surface area (Å²) >= 11 is 5.11. The SMILES string of the molecule is Fc1ccc2cc(S)sc2c1C(F)F. The number of benzene rings is 1. The largest absolute Gasteiger partial charge is 0.268 e. The Morgan fingerprint density at radius 3 is 2.64 bits per heavy atom. The van der Waals surface area contributed by atoms with E-state index in [0.29, 0.717) is 9.60 Å². The van der Waals surface area contributed by atoms with Gasteiger partial charge in [0.15, 0.2) is 0 Å². The summed E-state index contributed by atoms with van der Waals surface area (Å²) in [5.41, 5.74) is -0.521. The highest BCUT2D eigenvalue weighted by Crippen LogP contribution is 2.36. The van der Waals surface area contributed by atoms with Crippen molar-refractivity contribution in [2.75, 3.05) is 0 Å². The summed E-state index contributed by atoms with van der Waals surface area (Å²) in [5.74, 6) is -0.859. The fourth-order valence-electron chi connectivity index (χ4n) is 1.29. The minimum atomic E-state index is -2.79. The Labute approximate surface area is 87.8 Å². The molecule has 0 fully saturated rings. The molecule has 14 heavy (non-hydrogen) atoms. The van der Waals surface area contributed by atoms with Crippen molar-refractivity contribution >= 4 is 34.1 Å². The van der Waals surface area contributed by atoms with Crippen LogP contribution in [0, 0.1) is 5.82 Å². The molecule has 0 radical (unpaired) electrons. The maximum absolute atomic E-state index is 13.1. The molecule has 74 valence electrons. The van der Waals surface area contributed by atoms with Gasteiger partial charge >= 0.3 is 0 Å². The van der Waals surface area contributed by atoms with E-state index < -0.39 is 17.8 Å². The first-order valence-corrected chi connectivity index (χ1v) is 5.05. The molecule has 0 bridgehead atoms. The zero-order chi connectivity index (χ0) is 10.3. The summed E-state index contributed by atoms with van der Waals surface area (Å²) in [6.45, 7) is 0. The summed E-state index contributed by atoms with van der Waals surface area (Å²) in [7, 11) is 0. The van der Waals surface area contributed by atoms with E-state index in [0.717, 1.165) is 17.4 Å². The molecular weight excluding hydrogens is 229 g/mol. The maximum Gasteiger partial charge on any atom is 0.268 e. The standard InChI is InChI=1S/C9H5F3S2/c10-5-2-1-4-3-6(13)14-8(4)7(5)9(11)12/h1-3,9,13H. The number of hydrogen-bond acceptors (Lipinski definition) is 2. The summed E-state index contributed by atoms with van der Waals surface area (Å²) in [6, 6.07) is 4.19. The van der Waals surface area contributed by atoms with Crippen LogP contribution in [-0.2, 0) is 0 Å². The smallest absolute Gasteiger partial charge is 0.206 e. The minimum absolute atomic E-state index is 0.282. The van der Waals surface area contributed by atoms with E-state index in [4.69, 9.17) is 0 Å². The molecule has 0 unspecified atom stereocenters. The number of fused-ring (bicyclic) bond motifs is 1. The Kier molecular flexibility index (Phi) is 2.45. The molecule has 0 aliphatic rings. The van der Waals surface area contributed by atoms with Crippen molar-refractivity contribution in [3.05, 3.63) is 29.6 Å². The zero-order valence-electron chi connectivity index (χ0n) is 6.80. The summed E-state index contributed by atoms with van der Waals surface area (Å²) in [5, 5.41) is 0.608. The second-order valence-corrected chi connectivity index (χ2v) is 4.60. The number of thiol groups is 1. The predicted octanol–water partition coefficient (Wildman–Crippen LogP) is 4.27. The molecule has 0 nitrogen and oxygen atoms in total. The Bertz CT molecular complexity index is 476. The highest BCUT2D eigenvalue weighted by molar-refractivity contribution is 7.83. The molecule has 0 N–H and O–H groups in total. The van der Waals surface area contributed by atoms with E-state index >= 15 is 0 Å². The Hall–Kier alpha value is -0.680. The lowest BCUT2D eigenvalue weighted by Gasteiger charge is -2.02. The number of hydrogen-bond donors (Lipinski definition) is 1. The third-order valence-corrected chi connectivity index (χ3v) is 3.27. The number of alkyl halides is 2. The topological polar surface area (TPSA) is 0 Å². The highest BCUT2D eigenvalue weighted by Gasteiger charge is 2.18. The van der Waals surface area contributed by atoms with Crippen molar-refractivity contribution in [3.8, 4) is 0 Å². The summed E-state index contributed by atoms with van der Waals surface area (Å²) in [6.07, 6.45) is -2.79. The van der Waals surface area contributed by atoms with Gasteiger partial charge in [0.25, 0.3) is 6.43 Å². The van der Waals surface area contributed by atoms with E-state index in [1.165, 1.54) is 6.07 Å². The molecule has 0 saturated heterocycles. The summed E-state index contributed by atoms with van der Waals surface area (Å²) < 4.78 is 39.0. The predicted molar refractivity (Wildman–Crippen MR) is 54.0 cm³/mol. The van der Waals surface area contributed by atoms with Crippen LogP contribution in [0.25, 0.3) is 10.1 Å². The molecule has 1 aromatic heterocycles. The summed E-state index contributed by atoms with van der Waals surface area (Å²) in [4.78, 5) is 0. The molecule has 1 aromatic carbocycles. The zero-order valence-corrected chi connectivity index (χ0v) is 8.51. The molecule has 0 aliphatic carbocycles. The van der Waals surface area contributed by atoms with Gasteiger partial charge in [0, 0.05) is 4.70 Å². The van der Waals surface area contributed by atoms with E-state index in [-0.39, 0.29) is 4.70 Å². The van der Waals surface area contributed by atoms with Gasteiger partial charge in [-0.05, 0) is 17.5 Å². The number of rotatable bonds is 1. The molecule has 0 amide bonds. The van der Waals surface area contributed by atoms with Gasteiger partial charge < -0.3 is 0 Å². The van der Waals surface area contributed by atoms with Gasteiger partial charge in [0.05, 0.1) is 9.77 Å². The van der Waals surface area contributed by atoms with Crippen LogP contribution in [0.1, 0.15) is 12.0 Å². The van der Waals surface area contributed by atoms with Gasteiger partial charge in [-0.25, -0.2) is 13.2 Å². The number of halogens is 3. The lowest BCUT2D eigenvalue weighted by Crippen LogP contribution is -1.89. The van der Waals surface area contributed by atoms with Gasteiger partial charge in [0.1, 0.15) is 5.82 Å². The number of thiophene rings is 1. The molecule has 0 atom stereocenters. The molecule has 0 saturated carbocycles. The minimum Gasteiger partial charge on any atom is -0.206 e. The highest BCUT2D eigenvalue weighted by atomic mass is 32.2. The molecular formula is C9H5F3S2. The average molecular weight is 234 g/mol. The average Bonchev–Trinajstić information content (AvgIpc) is 2.43. The van der Waals surface area contributed by atoms with Crippen molar-refractivity contribution in [3.63, 3.8) is 0 Å². The van der Waals surface area contributed by atoms with Crippen LogP contribution in [0.5, 0.6) is 0 Å². The quantitative estimate of drug-likeness (QED) is 0.700. The van der Waals surface area contributed by atoms with E-state index in [2.05, 4.69) is 12.6 Å². The van der Waals surface area contributed by atoms with Gasteiger partial charge in [-0.1, -0.05) is 6.07 Å². The van der Waals surface area contributed by atoms with E-state index in [1.54, 1.807) is 6.07 Å². The van der Waals surface area contributed by atoms with Crippen LogP contribution >= 0.6 is 24.0 Å². The lowest BCUT2D eigenvalue weighted by atomic mass is 10.1. The van der Waals surface area contributed by atoms with Crippen LogP contribution < -0.4 is 0 Å². The monoisotopic (exact) mass is 234 g/mol. The van der Waals surface area contributed by atoms with E-state index in [1.807, 2.05) is 0 Å². The lowest BCUT2D eigenvalue weighted by molar-refractivity contribution is 0.148. The second-order valence-electron chi connectivity index (χ2n) is 2.76. The fourth-order valence-corrected chi connectivity index (χ4v) is 2.64. The molecule has 2 rings (SSSR count). The van der Waals surface area contributed by atoms with Crippen molar-refractivity contribution in [2.45, 2.75) is 10.6 Å². The van der Waals surface area contributed by atoms with E-state index in [9.17, 15) is 13.2 Å². The van der Waals surface area contributed by atoms with Gasteiger partial charge in [0.2, 0.25) is 0 Å². The van der Waals surface area contributed by atoms with Crippen LogP contribution in [0.4, 0.5) is 13.2 Å². The van der Waals surface area contributed by atoms with Crippen LogP contribution in [0.3, 0.4) is 0 Å². The van der Waals surface area contributed by atoms with Crippen LogP contribution in [0.2, 0.25) is 0 Å². The van der Waals surface area contributed by atoms with Crippen LogP contribution in [0.15, 0.2) is 22.4 Å². The van der Waals surface area contributed by atoms with Gasteiger partial charge in [-0.2, -0.15) is 0 Å². The third-order valence-electron chi connectivity index (χ3n) is 1.88. The van der Waals surface area contributed by atoms with Crippen LogP contribution in [-0.4, -0.2) is 0 Å². The molecule has 2 aromatic rings. The molecule has 5 heteroatoms. The Balaban J connectivity index is 2.82. The van der Waals surface area contributed by atoms with Crippen molar-refractivity contribution in [2.24, 2.45) is 0 Å². The molecule has 0 spiro atoms. The fraction of sp³-hybridized carbons (Fsp3) is 0.111. The normalized spacial score (nSPS) is 11.5. The second kappa shape index (κ2) is 3.47. The first-order chi connectivity index (χ1) is 6.59. The Morgan fingerprint density at radius 1 is 1.29 bits per heavy atom. The van der Waals surface area contributed by atoms with Crippen molar-refractivity contribution < 1.29 is 13.2 Å².